The summed E-state index contributed by atoms with van der Waals surface area (Å²) in [4.78, 5) is 17.4. The zero-order valence-corrected chi connectivity index (χ0v) is 18.2. The lowest BCUT2D eigenvalue weighted by atomic mass is 10.0. The van der Waals surface area contributed by atoms with Gasteiger partial charge in [-0.15, -0.1) is 0 Å². The van der Waals surface area contributed by atoms with Crippen LogP contribution in [0.4, 0.5) is 5.82 Å². The van der Waals surface area contributed by atoms with E-state index in [9.17, 15) is 0 Å². The molecule has 0 saturated heterocycles. The van der Waals surface area contributed by atoms with Gasteiger partial charge >= 0.3 is 0 Å². The second kappa shape index (κ2) is 10.3. The molecule has 3 aromatic heterocycles. The number of aliphatic imine (C=N–C) groups is 1. The molecule has 0 unspecified atom stereocenters. The summed E-state index contributed by atoms with van der Waals surface area (Å²) in [5.74, 6) is 0.799. The van der Waals surface area contributed by atoms with Crippen LogP contribution in [0, 0.1) is 6.92 Å². The van der Waals surface area contributed by atoms with Crippen LogP contribution in [0.2, 0.25) is 0 Å². The van der Waals surface area contributed by atoms with Gasteiger partial charge in [0, 0.05) is 49.7 Å². The standard InChI is InChI=1S/C27H25N5/c1-20-17-24(13-15-29-20)22-8-6-21(7-9-22)18-32-27-26(19-28-2)23(12-16-31-27)10-11-25-5-3-4-14-30-25/h3-17,19H,18H2,1-2H3,(H,31,32)/b11-10+,28-19-. The van der Waals surface area contributed by atoms with Gasteiger partial charge in [-0.25, -0.2) is 4.98 Å². The summed E-state index contributed by atoms with van der Waals surface area (Å²) < 4.78 is 0. The molecule has 0 aliphatic rings. The zero-order chi connectivity index (χ0) is 22.2. The monoisotopic (exact) mass is 419 g/mol. The van der Waals surface area contributed by atoms with Gasteiger partial charge in [0.05, 0.1) is 5.69 Å². The van der Waals surface area contributed by atoms with Crippen molar-refractivity contribution in [1.29, 1.82) is 0 Å². The molecule has 4 rings (SSSR count). The fourth-order valence-electron chi connectivity index (χ4n) is 3.41. The number of nitrogens with zero attached hydrogens (tertiary/aromatic N) is 4. The Balaban J connectivity index is 1.51. The van der Waals surface area contributed by atoms with E-state index in [0.29, 0.717) is 6.54 Å². The van der Waals surface area contributed by atoms with Gasteiger partial charge in [-0.1, -0.05) is 36.4 Å². The van der Waals surface area contributed by atoms with Crippen LogP contribution < -0.4 is 5.32 Å². The Labute approximate surface area is 188 Å². The summed E-state index contributed by atoms with van der Waals surface area (Å²) in [5.41, 5.74) is 7.43. The predicted octanol–water partition coefficient (Wildman–Crippen LogP) is 5.68. The van der Waals surface area contributed by atoms with E-state index < -0.39 is 0 Å². The maximum absolute atomic E-state index is 4.54. The van der Waals surface area contributed by atoms with Gasteiger partial charge in [-0.05, 0) is 65.6 Å². The van der Waals surface area contributed by atoms with E-state index in [-0.39, 0.29) is 0 Å². The molecule has 32 heavy (non-hydrogen) atoms. The van der Waals surface area contributed by atoms with E-state index in [1.807, 2.05) is 68.0 Å². The summed E-state index contributed by atoms with van der Waals surface area (Å²) >= 11 is 0. The molecule has 1 N–H and O–H groups in total. The molecule has 0 saturated carbocycles. The van der Waals surface area contributed by atoms with Gasteiger partial charge < -0.3 is 5.32 Å². The van der Waals surface area contributed by atoms with Crippen molar-refractivity contribution in [1.82, 2.24) is 15.0 Å². The van der Waals surface area contributed by atoms with Crippen LogP contribution in [-0.4, -0.2) is 28.2 Å². The van der Waals surface area contributed by atoms with Crippen molar-refractivity contribution in [2.45, 2.75) is 13.5 Å². The summed E-state index contributed by atoms with van der Waals surface area (Å²) in [6, 6.07) is 20.5. The molecule has 1 aromatic carbocycles. The predicted molar refractivity (Wildman–Crippen MR) is 133 cm³/mol. The van der Waals surface area contributed by atoms with Crippen molar-refractivity contribution in [3.05, 3.63) is 107 Å². The average molecular weight is 420 g/mol. The quantitative estimate of drug-likeness (QED) is 0.392. The number of hydrogen-bond acceptors (Lipinski definition) is 5. The van der Waals surface area contributed by atoms with E-state index in [4.69, 9.17) is 0 Å². The van der Waals surface area contributed by atoms with Crippen LogP contribution in [0.1, 0.15) is 28.1 Å². The smallest absolute Gasteiger partial charge is 0.135 e. The van der Waals surface area contributed by atoms with Gasteiger partial charge in [-0.2, -0.15) is 0 Å². The third-order valence-electron chi connectivity index (χ3n) is 5.05. The first-order chi connectivity index (χ1) is 15.7. The van der Waals surface area contributed by atoms with Crippen LogP contribution >= 0.6 is 0 Å². The Morgan fingerprint density at radius 1 is 0.844 bits per heavy atom. The average Bonchev–Trinajstić information content (AvgIpc) is 2.83. The fraction of sp³-hybridized carbons (Fsp3) is 0.111. The second-order valence-electron chi connectivity index (χ2n) is 7.37. The first-order valence-corrected chi connectivity index (χ1v) is 10.5. The molecule has 4 aromatic rings. The minimum absolute atomic E-state index is 0.667. The molecule has 158 valence electrons. The molecular formula is C27H25N5. The lowest BCUT2D eigenvalue weighted by molar-refractivity contribution is 1.11. The summed E-state index contributed by atoms with van der Waals surface area (Å²) in [6.45, 7) is 2.67. The molecule has 0 aliphatic heterocycles. The van der Waals surface area contributed by atoms with E-state index in [1.54, 1.807) is 13.2 Å². The lowest BCUT2D eigenvalue weighted by Crippen LogP contribution is -2.05. The number of aromatic nitrogens is 3. The zero-order valence-electron chi connectivity index (χ0n) is 18.2. The number of aryl methyl sites for hydroxylation is 1. The van der Waals surface area contributed by atoms with Crippen molar-refractivity contribution in [2.24, 2.45) is 4.99 Å². The first kappa shape index (κ1) is 21.1. The second-order valence-corrected chi connectivity index (χ2v) is 7.37. The van der Waals surface area contributed by atoms with Gasteiger partial charge in [0.2, 0.25) is 0 Å². The number of nitrogens with one attached hydrogen (secondary N) is 1. The Morgan fingerprint density at radius 2 is 1.69 bits per heavy atom. The maximum atomic E-state index is 4.54. The van der Waals surface area contributed by atoms with Gasteiger partial charge in [-0.3, -0.25) is 15.0 Å². The highest BCUT2D eigenvalue weighted by Crippen LogP contribution is 2.22. The molecule has 5 nitrogen and oxygen atoms in total. The highest BCUT2D eigenvalue weighted by atomic mass is 15.0. The Hall–Kier alpha value is -4.12. The highest BCUT2D eigenvalue weighted by molar-refractivity contribution is 5.92. The topological polar surface area (TPSA) is 63.1 Å². The number of rotatable bonds is 7. The summed E-state index contributed by atoms with van der Waals surface area (Å²) in [5, 5.41) is 3.46. The van der Waals surface area contributed by atoms with Crippen LogP contribution in [0.15, 0.2) is 84.2 Å². The van der Waals surface area contributed by atoms with Crippen molar-refractivity contribution in [3.63, 3.8) is 0 Å². The Bertz CT molecular complexity index is 1230. The number of hydrogen-bond donors (Lipinski definition) is 1. The molecule has 0 atom stereocenters. The van der Waals surface area contributed by atoms with Crippen LogP contribution in [0.3, 0.4) is 0 Å². The van der Waals surface area contributed by atoms with Crippen LogP contribution in [0.25, 0.3) is 23.3 Å². The number of anilines is 1. The minimum atomic E-state index is 0.667. The molecule has 0 spiro atoms. The Morgan fingerprint density at radius 3 is 2.44 bits per heavy atom. The van der Waals surface area contributed by atoms with Crippen LogP contribution in [0.5, 0.6) is 0 Å². The third-order valence-corrected chi connectivity index (χ3v) is 5.05. The van der Waals surface area contributed by atoms with E-state index in [2.05, 4.69) is 55.6 Å². The molecule has 3 heterocycles. The largest absolute Gasteiger partial charge is 0.365 e. The van der Waals surface area contributed by atoms with Gasteiger partial charge in [0.15, 0.2) is 0 Å². The highest BCUT2D eigenvalue weighted by Gasteiger charge is 2.07. The Kier molecular flexibility index (Phi) is 6.78. The number of pyridine rings is 3. The fourth-order valence-corrected chi connectivity index (χ4v) is 3.41. The van der Waals surface area contributed by atoms with Crippen molar-refractivity contribution >= 4 is 24.2 Å². The molecule has 5 heteroatoms. The lowest BCUT2D eigenvalue weighted by Gasteiger charge is -2.11. The SMILES string of the molecule is C/N=C\c1c(/C=C/c2ccccn2)ccnc1NCc1ccc(-c2ccnc(C)c2)cc1. The maximum Gasteiger partial charge on any atom is 0.135 e. The molecule has 0 amide bonds. The molecule has 0 aliphatic carbocycles. The molecule has 0 radical (unpaired) electrons. The van der Waals surface area contributed by atoms with E-state index in [0.717, 1.165) is 28.3 Å². The summed E-state index contributed by atoms with van der Waals surface area (Å²) in [6.07, 6.45) is 11.3. The summed E-state index contributed by atoms with van der Waals surface area (Å²) in [7, 11) is 1.77. The minimum Gasteiger partial charge on any atom is -0.365 e. The van der Waals surface area contributed by atoms with Gasteiger partial charge in [0.25, 0.3) is 0 Å². The van der Waals surface area contributed by atoms with Gasteiger partial charge in [0.1, 0.15) is 5.82 Å². The first-order valence-electron chi connectivity index (χ1n) is 10.5. The normalized spacial score (nSPS) is 11.3. The van der Waals surface area contributed by atoms with Crippen molar-refractivity contribution < 1.29 is 0 Å². The van der Waals surface area contributed by atoms with E-state index in [1.165, 1.54) is 16.7 Å². The van der Waals surface area contributed by atoms with Crippen molar-refractivity contribution in [3.8, 4) is 11.1 Å². The molecular weight excluding hydrogens is 394 g/mol. The molecule has 0 fully saturated rings. The molecule has 0 bridgehead atoms. The van der Waals surface area contributed by atoms with E-state index >= 15 is 0 Å². The van der Waals surface area contributed by atoms with Crippen molar-refractivity contribution in [2.75, 3.05) is 12.4 Å². The van der Waals surface area contributed by atoms with Crippen LogP contribution in [-0.2, 0) is 6.54 Å². The third kappa shape index (κ3) is 5.32. The number of benzene rings is 1.